The van der Waals surface area contributed by atoms with E-state index in [0.717, 1.165) is 18.2 Å². The van der Waals surface area contributed by atoms with Gasteiger partial charge >= 0.3 is 0 Å². The number of aromatic hydroxyl groups is 1. The van der Waals surface area contributed by atoms with E-state index >= 15 is 0 Å². The van der Waals surface area contributed by atoms with E-state index in [1.165, 1.54) is 12.1 Å². The van der Waals surface area contributed by atoms with Crippen molar-refractivity contribution < 1.29 is 18.7 Å². The van der Waals surface area contributed by atoms with Crippen molar-refractivity contribution in [3.8, 4) is 5.75 Å². The molecule has 92 valence electrons. The summed E-state index contributed by atoms with van der Waals surface area (Å²) in [4.78, 5) is 11.7. The Hall–Kier alpha value is -2.43. The van der Waals surface area contributed by atoms with Gasteiger partial charge in [0.05, 0.1) is 5.69 Å². The van der Waals surface area contributed by atoms with Crippen molar-refractivity contribution in [1.29, 1.82) is 0 Å². The number of phenols is 1. The number of carbonyl (C=O) groups is 1. The van der Waals surface area contributed by atoms with Crippen molar-refractivity contribution >= 4 is 11.6 Å². The lowest BCUT2D eigenvalue weighted by Gasteiger charge is -2.07. The van der Waals surface area contributed by atoms with Gasteiger partial charge in [-0.15, -0.1) is 0 Å². The number of anilines is 1. The fraction of sp³-hybridized carbons (Fsp3) is 0. The maximum atomic E-state index is 13.0. The van der Waals surface area contributed by atoms with Gasteiger partial charge in [0.25, 0.3) is 5.91 Å². The third-order valence-corrected chi connectivity index (χ3v) is 2.33. The number of rotatable bonds is 2. The van der Waals surface area contributed by atoms with Gasteiger partial charge in [-0.05, 0) is 30.3 Å². The average molecular weight is 249 g/mol. The Labute approximate surface area is 102 Å². The largest absolute Gasteiger partial charge is 0.506 e. The zero-order chi connectivity index (χ0) is 13.1. The van der Waals surface area contributed by atoms with Crippen LogP contribution in [-0.4, -0.2) is 11.0 Å². The lowest BCUT2D eigenvalue weighted by atomic mass is 10.2. The van der Waals surface area contributed by atoms with E-state index in [-0.39, 0.29) is 17.0 Å². The quantitative estimate of drug-likeness (QED) is 0.804. The summed E-state index contributed by atoms with van der Waals surface area (Å²) in [5, 5.41) is 11.9. The SMILES string of the molecule is O=C(Nc1ccccc1O)c1ccc(F)c(F)c1. The van der Waals surface area contributed by atoms with Crippen molar-refractivity contribution in [2.24, 2.45) is 0 Å². The number of halogens is 2. The summed E-state index contributed by atoms with van der Waals surface area (Å²) < 4.78 is 25.7. The molecule has 5 heteroatoms. The monoisotopic (exact) mass is 249 g/mol. The molecule has 2 aromatic carbocycles. The number of para-hydroxylation sites is 2. The van der Waals surface area contributed by atoms with E-state index < -0.39 is 17.5 Å². The Balaban J connectivity index is 2.22. The van der Waals surface area contributed by atoms with Crippen molar-refractivity contribution in [1.82, 2.24) is 0 Å². The summed E-state index contributed by atoms with van der Waals surface area (Å²) in [5.74, 6) is -2.85. The van der Waals surface area contributed by atoms with Crippen LogP contribution in [0.2, 0.25) is 0 Å². The van der Waals surface area contributed by atoms with Gasteiger partial charge in [0, 0.05) is 5.56 Å². The summed E-state index contributed by atoms with van der Waals surface area (Å²) >= 11 is 0. The topological polar surface area (TPSA) is 49.3 Å². The molecule has 0 atom stereocenters. The minimum absolute atomic E-state index is 0.0304. The Kier molecular flexibility index (Phi) is 3.23. The smallest absolute Gasteiger partial charge is 0.255 e. The van der Waals surface area contributed by atoms with Crippen LogP contribution in [0.4, 0.5) is 14.5 Å². The zero-order valence-electron chi connectivity index (χ0n) is 9.15. The number of amides is 1. The maximum Gasteiger partial charge on any atom is 0.255 e. The molecule has 0 fully saturated rings. The van der Waals surface area contributed by atoms with Crippen LogP contribution in [0, 0.1) is 11.6 Å². The fourth-order valence-electron chi connectivity index (χ4n) is 1.41. The van der Waals surface area contributed by atoms with Crippen LogP contribution in [0.15, 0.2) is 42.5 Å². The molecule has 0 bridgehead atoms. The lowest BCUT2D eigenvalue weighted by molar-refractivity contribution is 0.102. The number of hydrogen-bond acceptors (Lipinski definition) is 2. The summed E-state index contributed by atoms with van der Waals surface area (Å²) in [5.41, 5.74) is 0.171. The van der Waals surface area contributed by atoms with Crippen molar-refractivity contribution in [3.05, 3.63) is 59.7 Å². The molecule has 0 saturated heterocycles. The zero-order valence-corrected chi connectivity index (χ0v) is 9.15. The third-order valence-electron chi connectivity index (χ3n) is 2.33. The van der Waals surface area contributed by atoms with Gasteiger partial charge in [-0.1, -0.05) is 12.1 Å². The van der Waals surface area contributed by atoms with Crippen molar-refractivity contribution in [3.63, 3.8) is 0 Å². The van der Waals surface area contributed by atoms with Crippen LogP contribution in [-0.2, 0) is 0 Å². The van der Waals surface area contributed by atoms with Gasteiger partial charge in [0.2, 0.25) is 0 Å². The molecule has 0 saturated carbocycles. The van der Waals surface area contributed by atoms with Gasteiger partial charge in [0.15, 0.2) is 11.6 Å². The van der Waals surface area contributed by atoms with Crippen LogP contribution >= 0.6 is 0 Å². The normalized spacial score (nSPS) is 10.1. The number of carbonyl (C=O) groups excluding carboxylic acids is 1. The first-order valence-electron chi connectivity index (χ1n) is 5.12. The van der Waals surface area contributed by atoms with Gasteiger partial charge in [-0.3, -0.25) is 4.79 Å². The highest BCUT2D eigenvalue weighted by Gasteiger charge is 2.11. The second-order valence-electron chi connectivity index (χ2n) is 3.60. The molecule has 0 heterocycles. The maximum absolute atomic E-state index is 13.0. The van der Waals surface area contributed by atoms with E-state index in [9.17, 15) is 18.7 Å². The number of nitrogens with one attached hydrogen (secondary N) is 1. The van der Waals surface area contributed by atoms with Crippen molar-refractivity contribution in [2.75, 3.05) is 5.32 Å². The van der Waals surface area contributed by atoms with Crippen LogP contribution in [0.25, 0.3) is 0 Å². The molecule has 0 unspecified atom stereocenters. The molecule has 0 aliphatic carbocycles. The molecule has 0 spiro atoms. The van der Waals surface area contributed by atoms with Crippen LogP contribution in [0.1, 0.15) is 10.4 Å². The molecule has 0 aliphatic heterocycles. The summed E-state index contributed by atoms with van der Waals surface area (Å²) in [6.07, 6.45) is 0. The first-order chi connectivity index (χ1) is 8.58. The molecule has 1 amide bonds. The Morgan fingerprint density at radius 3 is 2.44 bits per heavy atom. The molecular weight excluding hydrogens is 240 g/mol. The minimum atomic E-state index is -1.10. The molecule has 18 heavy (non-hydrogen) atoms. The molecule has 0 radical (unpaired) electrons. The predicted octanol–water partition coefficient (Wildman–Crippen LogP) is 2.92. The molecule has 3 nitrogen and oxygen atoms in total. The molecule has 0 aliphatic rings. The first-order valence-corrected chi connectivity index (χ1v) is 5.12. The van der Waals surface area contributed by atoms with Gasteiger partial charge in [-0.25, -0.2) is 8.78 Å². The number of benzene rings is 2. The van der Waals surface area contributed by atoms with Crippen LogP contribution < -0.4 is 5.32 Å². The Morgan fingerprint density at radius 2 is 1.78 bits per heavy atom. The van der Waals surface area contributed by atoms with Gasteiger partial charge in [-0.2, -0.15) is 0 Å². The van der Waals surface area contributed by atoms with E-state index in [4.69, 9.17) is 0 Å². The van der Waals surface area contributed by atoms with Gasteiger partial charge < -0.3 is 10.4 Å². The van der Waals surface area contributed by atoms with E-state index in [0.29, 0.717) is 0 Å². The third kappa shape index (κ3) is 2.45. The summed E-state index contributed by atoms with van der Waals surface area (Å²) in [7, 11) is 0. The van der Waals surface area contributed by atoms with Crippen LogP contribution in [0.3, 0.4) is 0 Å². The van der Waals surface area contributed by atoms with Gasteiger partial charge in [0.1, 0.15) is 5.75 Å². The number of phenolic OH excluding ortho intramolecular Hbond substituents is 1. The second kappa shape index (κ2) is 4.83. The summed E-state index contributed by atoms with van der Waals surface area (Å²) in [6, 6.07) is 8.95. The molecule has 2 aromatic rings. The summed E-state index contributed by atoms with van der Waals surface area (Å²) in [6.45, 7) is 0. The minimum Gasteiger partial charge on any atom is -0.506 e. The predicted molar refractivity (Wildman–Crippen MR) is 62.4 cm³/mol. The first kappa shape index (κ1) is 12.0. The Morgan fingerprint density at radius 1 is 1.06 bits per heavy atom. The van der Waals surface area contributed by atoms with E-state index in [2.05, 4.69) is 5.32 Å². The second-order valence-corrected chi connectivity index (χ2v) is 3.60. The molecular formula is C13H9F2NO2. The number of hydrogen-bond donors (Lipinski definition) is 2. The van der Waals surface area contributed by atoms with Crippen molar-refractivity contribution in [2.45, 2.75) is 0 Å². The highest BCUT2D eigenvalue weighted by atomic mass is 19.2. The highest BCUT2D eigenvalue weighted by Crippen LogP contribution is 2.22. The van der Waals surface area contributed by atoms with E-state index in [1.807, 2.05) is 0 Å². The average Bonchev–Trinajstić information content (AvgIpc) is 2.35. The highest BCUT2D eigenvalue weighted by molar-refractivity contribution is 6.04. The van der Waals surface area contributed by atoms with Crippen LogP contribution in [0.5, 0.6) is 5.75 Å². The van der Waals surface area contributed by atoms with E-state index in [1.54, 1.807) is 12.1 Å². The standard InChI is InChI=1S/C13H9F2NO2/c14-9-6-5-8(7-10(9)15)13(18)16-11-3-1-2-4-12(11)17/h1-7,17H,(H,16,18). The molecule has 0 aromatic heterocycles. The molecule has 2 N–H and O–H groups in total. The molecule has 2 rings (SSSR count). The Bertz CT molecular complexity index is 599. The fourth-order valence-corrected chi connectivity index (χ4v) is 1.41. The lowest BCUT2D eigenvalue weighted by Crippen LogP contribution is -2.12.